The van der Waals surface area contributed by atoms with Crippen LogP contribution in [0.1, 0.15) is 31.9 Å². The zero-order valence-corrected chi connectivity index (χ0v) is 12.4. The molecule has 2 rings (SSSR count). The van der Waals surface area contributed by atoms with Crippen molar-refractivity contribution in [1.29, 1.82) is 0 Å². The lowest BCUT2D eigenvalue weighted by molar-refractivity contribution is 0.0652. The first-order valence-electron chi connectivity index (χ1n) is 7.42. The van der Waals surface area contributed by atoms with Crippen molar-refractivity contribution in [3.8, 4) is 0 Å². The Hall–Kier alpha value is -0.970. The minimum absolute atomic E-state index is 0.206. The lowest BCUT2D eigenvalue weighted by atomic mass is 9.94. The van der Waals surface area contributed by atoms with Crippen LogP contribution in [0.5, 0.6) is 0 Å². The van der Waals surface area contributed by atoms with E-state index in [4.69, 9.17) is 10.5 Å². The maximum Gasteiger partial charge on any atom is 0.127 e. The number of halogens is 1. The molecule has 0 aromatic heterocycles. The molecule has 0 radical (unpaired) electrons. The van der Waals surface area contributed by atoms with Gasteiger partial charge in [-0.1, -0.05) is 25.1 Å². The molecule has 4 heteroatoms. The summed E-state index contributed by atoms with van der Waals surface area (Å²) in [5.74, 6) is -0.00313. The van der Waals surface area contributed by atoms with Gasteiger partial charge in [0.05, 0.1) is 6.10 Å². The molecule has 1 saturated heterocycles. The number of nitrogens with two attached hydrogens (primary N) is 1. The van der Waals surface area contributed by atoms with Gasteiger partial charge in [0, 0.05) is 37.8 Å². The smallest absolute Gasteiger partial charge is 0.127 e. The molecule has 3 unspecified atom stereocenters. The van der Waals surface area contributed by atoms with Gasteiger partial charge in [0.25, 0.3) is 0 Å². The van der Waals surface area contributed by atoms with E-state index in [9.17, 15) is 4.39 Å². The second-order valence-electron chi connectivity index (χ2n) is 5.82. The molecule has 1 aliphatic rings. The minimum Gasteiger partial charge on any atom is -0.377 e. The van der Waals surface area contributed by atoms with Crippen molar-refractivity contribution in [3.63, 3.8) is 0 Å². The fraction of sp³-hybridized carbons (Fsp3) is 0.625. The molecule has 20 heavy (non-hydrogen) atoms. The molecule has 2 N–H and O–H groups in total. The van der Waals surface area contributed by atoms with Crippen LogP contribution in [0.3, 0.4) is 0 Å². The molecule has 1 aromatic carbocycles. The van der Waals surface area contributed by atoms with Gasteiger partial charge in [0.1, 0.15) is 5.82 Å². The molecular weight excluding hydrogens is 255 g/mol. The van der Waals surface area contributed by atoms with Gasteiger partial charge >= 0.3 is 0 Å². The summed E-state index contributed by atoms with van der Waals surface area (Å²) in [5, 5.41) is 0. The van der Waals surface area contributed by atoms with Crippen molar-refractivity contribution >= 4 is 0 Å². The van der Waals surface area contributed by atoms with Gasteiger partial charge in [0.2, 0.25) is 0 Å². The third-order valence-corrected chi connectivity index (χ3v) is 3.96. The van der Waals surface area contributed by atoms with E-state index in [2.05, 4.69) is 18.7 Å². The average Bonchev–Trinajstić information content (AvgIpc) is 2.62. The van der Waals surface area contributed by atoms with Crippen molar-refractivity contribution in [2.75, 3.05) is 26.2 Å². The molecule has 1 fully saturated rings. The molecule has 1 heterocycles. The molecule has 0 aliphatic carbocycles. The van der Waals surface area contributed by atoms with Crippen LogP contribution in [0.4, 0.5) is 4.39 Å². The molecular formula is C16H25FN2O. The van der Waals surface area contributed by atoms with Gasteiger partial charge in [-0.3, -0.25) is 0 Å². The maximum atomic E-state index is 13.8. The van der Waals surface area contributed by atoms with Crippen LogP contribution in [-0.2, 0) is 4.74 Å². The highest BCUT2D eigenvalue weighted by Crippen LogP contribution is 2.23. The molecule has 1 aromatic rings. The van der Waals surface area contributed by atoms with Crippen LogP contribution < -0.4 is 5.73 Å². The summed E-state index contributed by atoms with van der Waals surface area (Å²) in [4.78, 5) is 2.38. The van der Waals surface area contributed by atoms with Crippen LogP contribution in [0.25, 0.3) is 0 Å². The number of hydrogen-bond acceptors (Lipinski definition) is 3. The first-order chi connectivity index (χ1) is 9.58. The molecule has 0 saturated carbocycles. The first kappa shape index (κ1) is 15.4. The molecule has 0 spiro atoms. The summed E-state index contributed by atoms with van der Waals surface area (Å²) in [6.07, 6.45) is 1.31. The monoisotopic (exact) mass is 280 g/mol. The normalized spacial score (nSPS) is 24.1. The van der Waals surface area contributed by atoms with Crippen LogP contribution in [0.2, 0.25) is 0 Å². The number of benzene rings is 1. The highest BCUT2D eigenvalue weighted by Gasteiger charge is 2.22. The molecule has 0 amide bonds. The number of ether oxygens (including phenoxy) is 1. The molecule has 3 atom stereocenters. The fourth-order valence-corrected chi connectivity index (χ4v) is 2.82. The second-order valence-corrected chi connectivity index (χ2v) is 5.82. The Bertz CT molecular complexity index is 427. The van der Waals surface area contributed by atoms with Crippen molar-refractivity contribution in [2.24, 2.45) is 11.7 Å². The van der Waals surface area contributed by atoms with Crippen LogP contribution in [0.15, 0.2) is 24.3 Å². The van der Waals surface area contributed by atoms with Gasteiger partial charge in [-0.25, -0.2) is 4.39 Å². The highest BCUT2D eigenvalue weighted by atomic mass is 19.1. The third-order valence-electron chi connectivity index (χ3n) is 3.96. The van der Waals surface area contributed by atoms with Crippen molar-refractivity contribution in [1.82, 2.24) is 4.90 Å². The van der Waals surface area contributed by atoms with E-state index >= 15 is 0 Å². The summed E-state index contributed by atoms with van der Waals surface area (Å²) >= 11 is 0. The predicted molar refractivity (Wildman–Crippen MR) is 79.0 cm³/mol. The Morgan fingerprint density at radius 3 is 2.95 bits per heavy atom. The van der Waals surface area contributed by atoms with E-state index in [1.807, 2.05) is 6.07 Å². The van der Waals surface area contributed by atoms with E-state index in [-0.39, 0.29) is 23.9 Å². The van der Waals surface area contributed by atoms with E-state index in [1.54, 1.807) is 12.1 Å². The Morgan fingerprint density at radius 1 is 1.45 bits per heavy atom. The summed E-state index contributed by atoms with van der Waals surface area (Å²) < 4.78 is 19.4. The number of hydrogen-bond donors (Lipinski definition) is 1. The Balaban J connectivity index is 1.96. The van der Waals surface area contributed by atoms with Gasteiger partial charge in [-0.05, 0) is 25.3 Å². The van der Waals surface area contributed by atoms with Gasteiger partial charge in [0.15, 0.2) is 0 Å². The van der Waals surface area contributed by atoms with Crippen molar-refractivity contribution in [2.45, 2.75) is 32.4 Å². The van der Waals surface area contributed by atoms with Crippen molar-refractivity contribution < 1.29 is 9.13 Å². The van der Waals surface area contributed by atoms with Crippen LogP contribution in [0, 0.1) is 11.7 Å². The number of nitrogens with zero attached hydrogens (tertiary/aromatic N) is 1. The van der Waals surface area contributed by atoms with Gasteiger partial charge in [-0.2, -0.15) is 0 Å². The Morgan fingerprint density at radius 2 is 2.20 bits per heavy atom. The topological polar surface area (TPSA) is 38.5 Å². The third kappa shape index (κ3) is 4.01. The fourth-order valence-electron chi connectivity index (χ4n) is 2.82. The molecule has 0 bridgehead atoms. The first-order valence-corrected chi connectivity index (χ1v) is 7.42. The lowest BCUT2D eigenvalue weighted by Crippen LogP contribution is -2.37. The van der Waals surface area contributed by atoms with E-state index in [0.717, 1.165) is 32.7 Å². The van der Waals surface area contributed by atoms with E-state index < -0.39 is 0 Å². The average molecular weight is 280 g/mol. The summed E-state index contributed by atoms with van der Waals surface area (Å²) in [5.41, 5.74) is 6.84. The summed E-state index contributed by atoms with van der Waals surface area (Å²) in [6.45, 7) is 7.84. The zero-order chi connectivity index (χ0) is 14.5. The largest absolute Gasteiger partial charge is 0.377 e. The Kier molecular flexibility index (Phi) is 5.52. The van der Waals surface area contributed by atoms with Gasteiger partial charge < -0.3 is 15.4 Å². The minimum atomic E-state index is -0.268. The maximum absolute atomic E-state index is 13.8. The quantitative estimate of drug-likeness (QED) is 0.921. The van der Waals surface area contributed by atoms with Gasteiger partial charge in [-0.15, -0.1) is 0 Å². The lowest BCUT2D eigenvalue weighted by Gasteiger charge is -2.28. The Labute approximate surface area is 120 Å². The van der Waals surface area contributed by atoms with E-state index in [0.29, 0.717) is 5.56 Å². The van der Waals surface area contributed by atoms with Crippen LogP contribution >= 0.6 is 0 Å². The SMILES string of the molecule is CC1CN(CC(C)C(N)c2ccccc2F)CCCO1. The summed E-state index contributed by atoms with van der Waals surface area (Å²) in [6, 6.07) is 6.53. The molecule has 3 nitrogen and oxygen atoms in total. The van der Waals surface area contributed by atoms with Crippen LogP contribution in [-0.4, -0.2) is 37.2 Å². The zero-order valence-electron chi connectivity index (χ0n) is 12.4. The standard InChI is InChI=1S/C16H25FN2O/c1-12(10-19-8-5-9-20-13(2)11-19)16(18)14-6-3-4-7-15(14)17/h3-4,6-7,12-13,16H,5,8-11,18H2,1-2H3. The van der Waals surface area contributed by atoms with E-state index in [1.165, 1.54) is 6.07 Å². The summed E-state index contributed by atoms with van der Waals surface area (Å²) in [7, 11) is 0. The number of rotatable bonds is 4. The van der Waals surface area contributed by atoms with Crippen molar-refractivity contribution in [3.05, 3.63) is 35.6 Å². The molecule has 1 aliphatic heterocycles. The molecule has 112 valence electrons. The predicted octanol–water partition coefficient (Wildman–Crippen LogP) is 2.57. The highest BCUT2D eigenvalue weighted by molar-refractivity contribution is 5.21. The second kappa shape index (κ2) is 7.16.